The van der Waals surface area contributed by atoms with Crippen LogP contribution in [0.5, 0.6) is 17.2 Å². The maximum atomic E-state index is 9.34. The van der Waals surface area contributed by atoms with Crippen LogP contribution in [0.2, 0.25) is 0 Å². The minimum Gasteiger partial charge on any atom is -0.508 e. The van der Waals surface area contributed by atoms with Gasteiger partial charge in [0, 0.05) is 27.1 Å². The molecule has 0 aromatic heterocycles. The maximum absolute atomic E-state index is 9.34. The number of nitrogens with two attached hydrogens (primary N) is 1. The van der Waals surface area contributed by atoms with E-state index in [-0.39, 0.29) is 5.75 Å². The van der Waals surface area contributed by atoms with E-state index in [9.17, 15) is 5.11 Å². The van der Waals surface area contributed by atoms with Crippen molar-refractivity contribution in [2.45, 2.75) is 16.4 Å². The molecule has 0 aliphatic rings. The molecule has 3 N–H and O–H groups in total. The molecule has 0 radical (unpaired) electrons. The van der Waals surface area contributed by atoms with Crippen molar-refractivity contribution in [3.8, 4) is 17.2 Å². The average molecular weight is 353 g/mol. The fourth-order valence-electron chi connectivity index (χ4n) is 2.33. The average Bonchev–Trinajstić information content (AvgIpc) is 2.64. The molecule has 0 atom stereocenters. The SMILES string of the molecule is COc1ccccc1COc1ccc(Sc2ccc(O)cc2)c(N)c1. The maximum Gasteiger partial charge on any atom is 0.125 e. The third kappa shape index (κ3) is 4.39. The van der Waals surface area contributed by atoms with Crippen LogP contribution in [0.1, 0.15) is 5.56 Å². The summed E-state index contributed by atoms with van der Waals surface area (Å²) in [5.74, 6) is 1.76. The quantitative estimate of drug-likeness (QED) is 0.628. The van der Waals surface area contributed by atoms with Crippen molar-refractivity contribution in [1.82, 2.24) is 0 Å². The molecule has 3 aromatic rings. The fourth-order valence-corrected chi connectivity index (χ4v) is 3.17. The highest BCUT2D eigenvalue weighted by Crippen LogP contribution is 2.35. The molecule has 25 heavy (non-hydrogen) atoms. The largest absolute Gasteiger partial charge is 0.508 e. The van der Waals surface area contributed by atoms with Gasteiger partial charge in [0.15, 0.2) is 0 Å². The predicted molar refractivity (Wildman–Crippen MR) is 100 cm³/mol. The van der Waals surface area contributed by atoms with Crippen LogP contribution in [0.15, 0.2) is 76.5 Å². The molecule has 0 unspecified atom stereocenters. The van der Waals surface area contributed by atoms with Crippen LogP contribution in [0.4, 0.5) is 5.69 Å². The highest BCUT2D eigenvalue weighted by atomic mass is 32.2. The lowest BCUT2D eigenvalue weighted by Crippen LogP contribution is -1.99. The Bertz CT molecular complexity index is 850. The second-order valence-corrected chi connectivity index (χ2v) is 6.51. The summed E-state index contributed by atoms with van der Waals surface area (Å²) in [4.78, 5) is 1.95. The predicted octanol–water partition coefficient (Wildman–Crippen LogP) is 4.71. The van der Waals surface area contributed by atoms with Gasteiger partial charge in [-0.25, -0.2) is 0 Å². The van der Waals surface area contributed by atoms with Gasteiger partial charge in [0.05, 0.1) is 7.11 Å². The van der Waals surface area contributed by atoms with E-state index in [1.165, 1.54) is 0 Å². The number of para-hydroxylation sites is 1. The smallest absolute Gasteiger partial charge is 0.125 e. The summed E-state index contributed by atoms with van der Waals surface area (Å²) in [7, 11) is 1.65. The van der Waals surface area contributed by atoms with Gasteiger partial charge in [-0.05, 0) is 42.5 Å². The standard InChI is InChI=1S/C20H19NO3S/c1-23-19-5-3-2-4-14(19)13-24-16-8-11-20(18(21)12-16)25-17-9-6-15(22)7-10-17/h2-12,22H,13,21H2,1H3. The monoisotopic (exact) mass is 353 g/mol. The van der Waals surface area contributed by atoms with E-state index in [4.69, 9.17) is 15.2 Å². The molecule has 4 nitrogen and oxygen atoms in total. The van der Waals surface area contributed by atoms with Crippen LogP contribution in [-0.2, 0) is 6.61 Å². The molecular weight excluding hydrogens is 334 g/mol. The molecule has 3 aromatic carbocycles. The van der Waals surface area contributed by atoms with Crippen LogP contribution in [0, 0.1) is 0 Å². The number of hydrogen-bond donors (Lipinski definition) is 2. The first kappa shape index (κ1) is 17.0. The summed E-state index contributed by atoms with van der Waals surface area (Å²) in [5.41, 5.74) is 7.78. The molecule has 0 fully saturated rings. The van der Waals surface area contributed by atoms with Crippen LogP contribution in [-0.4, -0.2) is 12.2 Å². The van der Waals surface area contributed by atoms with Crippen molar-refractivity contribution in [2.75, 3.05) is 12.8 Å². The van der Waals surface area contributed by atoms with E-state index in [0.29, 0.717) is 18.0 Å². The van der Waals surface area contributed by atoms with Gasteiger partial charge >= 0.3 is 0 Å². The van der Waals surface area contributed by atoms with Crippen LogP contribution in [0.25, 0.3) is 0 Å². The van der Waals surface area contributed by atoms with Gasteiger partial charge in [-0.1, -0.05) is 30.0 Å². The Morgan fingerprint density at radius 2 is 1.76 bits per heavy atom. The van der Waals surface area contributed by atoms with Gasteiger partial charge in [-0.3, -0.25) is 0 Å². The first-order chi connectivity index (χ1) is 12.2. The molecule has 5 heteroatoms. The van der Waals surface area contributed by atoms with Gasteiger partial charge in [-0.15, -0.1) is 0 Å². The Kier molecular flexibility index (Phi) is 5.36. The minimum absolute atomic E-state index is 0.248. The van der Waals surface area contributed by atoms with E-state index in [1.54, 1.807) is 31.0 Å². The third-order valence-corrected chi connectivity index (χ3v) is 4.73. The molecule has 0 bridgehead atoms. The Balaban J connectivity index is 1.68. The second kappa shape index (κ2) is 7.85. The molecule has 0 spiro atoms. The van der Waals surface area contributed by atoms with Crippen molar-refractivity contribution >= 4 is 17.4 Å². The molecule has 0 amide bonds. The molecule has 128 valence electrons. The number of ether oxygens (including phenoxy) is 2. The number of phenols is 1. The number of anilines is 1. The zero-order valence-electron chi connectivity index (χ0n) is 13.8. The molecule has 3 rings (SSSR count). The highest BCUT2D eigenvalue weighted by molar-refractivity contribution is 7.99. The number of nitrogen functional groups attached to an aromatic ring is 1. The Morgan fingerprint density at radius 1 is 1.00 bits per heavy atom. The molecule has 0 heterocycles. The topological polar surface area (TPSA) is 64.7 Å². The molecular formula is C20H19NO3S. The Hall–Kier alpha value is -2.79. The van der Waals surface area contributed by atoms with E-state index in [0.717, 1.165) is 21.1 Å². The fraction of sp³-hybridized carbons (Fsp3) is 0.100. The Morgan fingerprint density at radius 3 is 2.48 bits per heavy atom. The molecule has 0 aliphatic heterocycles. The number of hydrogen-bond acceptors (Lipinski definition) is 5. The molecule has 0 saturated carbocycles. The molecule has 0 saturated heterocycles. The number of aromatic hydroxyl groups is 1. The van der Waals surface area contributed by atoms with Crippen molar-refractivity contribution < 1.29 is 14.6 Å². The van der Waals surface area contributed by atoms with E-state index < -0.39 is 0 Å². The molecule has 0 aliphatic carbocycles. The van der Waals surface area contributed by atoms with Crippen LogP contribution < -0.4 is 15.2 Å². The number of rotatable bonds is 6. The summed E-state index contributed by atoms with van der Waals surface area (Å²) in [6, 6.07) is 20.4. The van der Waals surface area contributed by atoms with Crippen LogP contribution >= 0.6 is 11.8 Å². The van der Waals surface area contributed by atoms with Crippen molar-refractivity contribution in [3.63, 3.8) is 0 Å². The summed E-state index contributed by atoms with van der Waals surface area (Å²) >= 11 is 1.54. The lowest BCUT2D eigenvalue weighted by Gasteiger charge is -2.12. The second-order valence-electron chi connectivity index (χ2n) is 5.40. The minimum atomic E-state index is 0.248. The first-order valence-electron chi connectivity index (χ1n) is 7.77. The van der Waals surface area contributed by atoms with Gasteiger partial charge in [0.1, 0.15) is 23.9 Å². The number of phenolic OH excluding ortho intramolecular Hbond substituents is 1. The number of benzene rings is 3. The van der Waals surface area contributed by atoms with Crippen molar-refractivity contribution in [2.24, 2.45) is 0 Å². The zero-order chi connectivity index (χ0) is 17.6. The van der Waals surface area contributed by atoms with Gasteiger partial charge < -0.3 is 20.3 Å². The van der Waals surface area contributed by atoms with E-state index in [1.807, 2.05) is 54.6 Å². The third-order valence-electron chi connectivity index (χ3n) is 3.63. The zero-order valence-corrected chi connectivity index (χ0v) is 14.6. The summed E-state index contributed by atoms with van der Waals surface area (Å²) in [6.07, 6.45) is 0. The van der Waals surface area contributed by atoms with Gasteiger partial charge in [0.25, 0.3) is 0 Å². The van der Waals surface area contributed by atoms with Crippen molar-refractivity contribution in [3.05, 3.63) is 72.3 Å². The van der Waals surface area contributed by atoms with Gasteiger partial charge in [0.2, 0.25) is 0 Å². The Labute approximate surface area is 151 Å². The number of methoxy groups -OCH3 is 1. The van der Waals surface area contributed by atoms with E-state index >= 15 is 0 Å². The normalized spacial score (nSPS) is 10.4. The first-order valence-corrected chi connectivity index (χ1v) is 8.58. The van der Waals surface area contributed by atoms with Gasteiger partial charge in [-0.2, -0.15) is 0 Å². The van der Waals surface area contributed by atoms with E-state index in [2.05, 4.69) is 0 Å². The van der Waals surface area contributed by atoms with Crippen LogP contribution in [0.3, 0.4) is 0 Å². The summed E-state index contributed by atoms with van der Waals surface area (Å²) in [6.45, 7) is 0.411. The summed E-state index contributed by atoms with van der Waals surface area (Å²) < 4.78 is 11.2. The summed E-state index contributed by atoms with van der Waals surface area (Å²) in [5, 5.41) is 9.34. The van der Waals surface area contributed by atoms with Crippen molar-refractivity contribution in [1.29, 1.82) is 0 Å². The highest BCUT2D eigenvalue weighted by Gasteiger charge is 2.06. The lowest BCUT2D eigenvalue weighted by atomic mass is 10.2. The lowest BCUT2D eigenvalue weighted by molar-refractivity contribution is 0.296.